The van der Waals surface area contributed by atoms with Crippen LogP contribution in [-0.4, -0.2) is 187 Å². The molecule has 46 heavy (non-hydrogen) atoms. The van der Waals surface area contributed by atoms with E-state index in [-0.39, 0.29) is 32.7 Å². The van der Waals surface area contributed by atoms with Crippen molar-refractivity contribution in [2.75, 3.05) is 105 Å². The van der Waals surface area contributed by atoms with E-state index in [9.17, 15) is 48.8 Å². The van der Waals surface area contributed by atoms with Crippen molar-refractivity contribution in [3.05, 3.63) is 0 Å². The number of aliphatic hydroxyl groups excluding tert-OH is 1. The standard InChI is InChI=1S/C26H48N5O14P/c1-20(32)14-28-5-7-29(8-10-31(17-26(38)39)12-11-30(9-6-28)16-25(36)37)15-24(35)27-4-13-43-46(40,41)44-19-23(45-22(3)34)18-42-21(2)33/h20,23,32H,4-19H2,1-3H3,(H,27,35)(H,36,37)(H,38,39)(H,40,41)/t20?,23-/m1/s1. The summed E-state index contributed by atoms with van der Waals surface area (Å²) in [5.74, 6) is -3.84. The lowest BCUT2D eigenvalue weighted by molar-refractivity contribution is -0.158. The maximum Gasteiger partial charge on any atom is 0.472 e. The number of amides is 1. The van der Waals surface area contributed by atoms with Crippen LogP contribution in [0.4, 0.5) is 0 Å². The van der Waals surface area contributed by atoms with Crippen LogP contribution in [0.15, 0.2) is 0 Å². The quantitative estimate of drug-likeness (QED) is 0.0569. The average Bonchev–Trinajstić information content (AvgIpc) is 2.93. The molecule has 0 saturated carbocycles. The topological polar surface area (TPSA) is 245 Å². The van der Waals surface area contributed by atoms with E-state index >= 15 is 0 Å². The highest BCUT2D eigenvalue weighted by Crippen LogP contribution is 2.43. The van der Waals surface area contributed by atoms with E-state index in [2.05, 4.69) is 5.32 Å². The number of aliphatic hydroxyl groups is 1. The minimum absolute atomic E-state index is 0.0813. The second-order valence-corrected chi connectivity index (χ2v) is 12.2. The molecule has 1 amide bonds. The third-order valence-electron chi connectivity index (χ3n) is 6.44. The lowest BCUT2D eigenvalue weighted by Gasteiger charge is -2.33. The highest BCUT2D eigenvalue weighted by atomic mass is 31.2. The van der Waals surface area contributed by atoms with Gasteiger partial charge in [-0.2, -0.15) is 0 Å². The number of ether oxygens (including phenoxy) is 2. The number of hydrogen-bond donors (Lipinski definition) is 5. The number of phosphoric ester groups is 1. The normalized spacial score (nSPS) is 19.1. The Balaban J connectivity index is 2.73. The lowest BCUT2D eigenvalue weighted by Crippen LogP contribution is -2.50. The zero-order valence-electron chi connectivity index (χ0n) is 26.6. The van der Waals surface area contributed by atoms with Gasteiger partial charge in [-0.3, -0.25) is 52.6 Å². The molecule has 2 unspecified atom stereocenters. The highest BCUT2D eigenvalue weighted by molar-refractivity contribution is 7.47. The van der Waals surface area contributed by atoms with E-state index < -0.39 is 69.6 Å². The first kappa shape index (κ1) is 41.3. The molecule has 1 rings (SSSR count). The molecule has 0 aromatic rings. The molecule has 1 heterocycles. The molecule has 1 fully saturated rings. The van der Waals surface area contributed by atoms with Gasteiger partial charge in [-0.05, 0) is 6.92 Å². The SMILES string of the molecule is CC(=O)OC[C@H](COP(=O)(O)OCCNC(=O)CN1CCN(CC(=O)O)CCN(CC(=O)O)CCN(CC(C)O)CC1)OC(C)=O. The molecule has 19 nitrogen and oxygen atoms in total. The summed E-state index contributed by atoms with van der Waals surface area (Å²) >= 11 is 0. The fourth-order valence-corrected chi connectivity index (χ4v) is 5.13. The van der Waals surface area contributed by atoms with Crippen LogP contribution in [-0.2, 0) is 47.1 Å². The van der Waals surface area contributed by atoms with Crippen molar-refractivity contribution in [3.63, 3.8) is 0 Å². The number of rotatable bonds is 18. The molecule has 0 radical (unpaired) electrons. The number of phosphoric acid groups is 1. The van der Waals surface area contributed by atoms with Crippen LogP contribution in [0.5, 0.6) is 0 Å². The maximum atomic E-state index is 12.7. The molecule has 266 valence electrons. The number of hydrogen-bond acceptors (Lipinski definition) is 15. The van der Waals surface area contributed by atoms with Crippen LogP contribution < -0.4 is 5.32 Å². The number of β-amino-alcohol motifs (C(OH)–C–C–N with tert-alkyl or cyclic N) is 1. The van der Waals surface area contributed by atoms with Crippen molar-refractivity contribution in [2.45, 2.75) is 33.0 Å². The summed E-state index contributed by atoms with van der Waals surface area (Å²) in [5.41, 5.74) is 0. The molecule has 3 atom stereocenters. The van der Waals surface area contributed by atoms with Gasteiger partial charge in [-0.25, -0.2) is 4.57 Å². The van der Waals surface area contributed by atoms with Crippen molar-refractivity contribution in [2.24, 2.45) is 0 Å². The van der Waals surface area contributed by atoms with E-state index in [0.29, 0.717) is 52.4 Å². The Morgan fingerprint density at radius 3 is 1.67 bits per heavy atom. The van der Waals surface area contributed by atoms with Gasteiger partial charge in [0.15, 0.2) is 6.10 Å². The number of carbonyl (C=O) groups is 5. The molecule has 5 N–H and O–H groups in total. The first-order chi connectivity index (χ1) is 21.5. The summed E-state index contributed by atoms with van der Waals surface area (Å²) in [6.45, 7) is 4.99. The van der Waals surface area contributed by atoms with Gasteiger partial charge < -0.3 is 35.0 Å². The second kappa shape index (κ2) is 21.9. The smallest absolute Gasteiger partial charge is 0.472 e. The maximum absolute atomic E-state index is 12.7. The van der Waals surface area contributed by atoms with Gasteiger partial charge in [0.1, 0.15) is 6.61 Å². The number of carbonyl (C=O) groups excluding carboxylic acids is 3. The summed E-state index contributed by atoms with van der Waals surface area (Å²) in [6, 6.07) is 0. The largest absolute Gasteiger partial charge is 0.480 e. The number of carboxylic acid groups (broad SMARTS) is 2. The van der Waals surface area contributed by atoms with E-state index in [1.165, 1.54) is 0 Å². The zero-order valence-corrected chi connectivity index (χ0v) is 27.5. The van der Waals surface area contributed by atoms with Crippen LogP contribution in [0.1, 0.15) is 20.8 Å². The van der Waals surface area contributed by atoms with Gasteiger partial charge in [0.2, 0.25) is 5.91 Å². The van der Waals surface area contributed by atoms with Gasteiger partial charge >= 0.3 is 31.7 Å². The van der Waals surface area contributed by atoms with Crippen molar-refractivity contribution < 1.29 is 67.3 Å². The first-order valence-corrected chi connectivity index (χ1v) is 16.2. The minimum Gasteiger partial charge on any atom is -0.480 e. The van der Waals surface area contributed by atoms with E-state index in [1.807, 2.05) is 9.80 Å². The summed E-state index contributed by atoms with van der Waals surface area (Å²) < 4.78 is 31.5. The summed E-state index contributed by atoms with van der Waals surface area (Å²) in [5, 5.41) is 31.2. The fraction of sp³-hybridized carbons (Fsp3) is 0.808. The minimum atomic E-state index is -4.62. The third-order valence-corrected chi connectivity index (χ3v) is 7.43. The third kappa shape index (κ3) is 21.1. The van der Waals surface area contributed by atoms with Gasteiger partial charge in [0.25, 0.3) is 0 Å². The first-order valence-electron chi connectivity index (χ1n) is 14.7. The van der Waals surface area contributed by atoms with Crippen LogP contribution in [0.2, 0.25) is 0 Å². The predicted molar refractivity (Wildman–Crippen MR) is 160 cm³/mol. The molecule has 0 aliphatic carbocycles. The van der Waals surface area contributed by atoms with Crippen molar-refractivity contribution >= 4 is 37.6 Å². The highest BCUT2D eigenvalue weighted by Gasteiger charge is 2.26. The summed E-state index contributed by atoms with van der Waals surface area (Å²) in [4.78, 5) is 74.8. The number of carboxylic acids is 2. The van der Waals surface area contributed by atoms with E-state index in [4.69, 9.17) is 18.5 Å². The zero-order chi connectivity index (χ0) is 34.7. The second-order valence-electron chi connectivity index (χ2n) is 10.7. The number of aliphatic carboxylic acids is 2. The molecular weight excluding hydrogens is 637 g/mol. The Bertz CT molecular complexity index is 1030. The van der Waals surface area contributed by atoms with E-state index in [1.54, 1.807) is 16.7 Å². The van der Waals surface area contributed by atoms with Crippen LogP contribution in [0.3, 0.4) is 0 Å². The molecule has 1 saturated heterocycles. The summed E-state index contributed by atoms with van der Waals surface area (Å²) in [6.07, 6.45) is -1.78. The molecule has 0 aromatic carbocycles. The Labute approximate surface area is 267 Å². The summed E-state index contributed by atoms with van der Waals surface area (Å²) in [7, 11) is -4.62. The van der Waals surface area contributed by atoms with Crippen molar-refractivity contribution in [1.82, 2.24) is 24.9 Å². The monoisotopic (exact) mass is 685 g/mol. The Hall–Kier alpha value is -2.74. The molecule has 1 aliphatic heterocycles. The Kier molecular flexibility index (Phi) is 19.7. The average molecular weight is 686 g/mol. The Morgan fingerprint density at radius 2 is 1.24 bits per heavy atom. The van der Waals surface area contributed by atoms with Gasteiger partial charge in [0, 0.05) is 79.3 Å². The van der Waals surface area contributed by atoms with Gasteiger partial charge in [0.05, 0.1) is 39.0 Å². The number of nitrogens with zero attached hydrogens (tertiary/aromatic N) is 4. The van der Waals surface area contributed by atoms with Crippen molar-refractivity contribution in [3.8, 4) is 0 Å². The van der Waals surface area contributed by atoms with Crippen LogP contribution >= 0.6 is 7.82 Å². The molecule has 20 heteroatoms. The molecule has 0 aromatic heterocycles. The molecular formula is C26H48N5O14P. The Morgan fingerprint density at radius 1 is 0.761 bits per heavy atom. The molecule has 0 spiro atoms. The number of nitrogens with one attached hydrogen (secondary N) is 1. The molecule has 1 aliphatic rings. The van der Waals surface area contributed by atoms with Gasteiger partial charge in [-0.1, -0.05) is 0 Å². The molecule has 0 bridgehead atoms. The van der Waals surface area contributed by atoms with Gasteiger partial charge in [-0.15, -0.1) is 0 Å². The lowest BCUT2D eigenvalue weighted by atomic mass is 10.3. The fourth-order valence-electron chi connectivity index (χ4n) is 4.38. The van der Waals surface area contributed by atoms with Crippen LogP contribution in [0, 0.1) is 0 Å². The van der Waals surface area contributed by atoms with E-state index in [0.717, 1.165) is 13.8 Å². The number of esters is 2. The van der Waals surface area contributed by atoms with Crippen molar-refractivity contribution in [1.29, 1.82) is 0 Å². The predicted octanol–water partition coefficient (Wildman–Crippen LogP) is -2.50. The van der Waals surface area contributed by atoms with Crippen LogP contribution in [0.25, 0.3) is 0 Å².